The molecule has 6 nitrogen and oxygen atoms in total. The minimum absolute atomic E-state index is 0. The van der Waals surface area contributed by atoms with Crippen LogP contribution in [0.1, 0.15) is 25.5 Å². The molecule has 1 fully saturated rings. The molecule has 0 radical (unpaired) electrons. The van der Waals surface area contributed by atoms with E-state index in [1.807, 2.05) is 30.3 Å². The predicted molar refractivity (Wildman–Crippen MR) is 125 cm³/mol. The number of thiazole rings is 1. The number of furan rings is 1. The van der Waals surface area contributed by atoms with Crippen LogP contribution < -0.4 is 10.6 Å². The summed E-state index contributed by atoms with van der Waals surface area (Å²) in [5, 5.41) is 7.53. The van der Waals surface area contributed by atoms with E-state index in [-0.39, 0.29) is 29.6 Å². The summed E-state index contributed by atoms with van der Waals surface area (Å²) in [5.74, 6) is 2.38. The lowest BCUT2D eigenvalue weighted by Crippen LogP contribution is -2.45. The van der Waals surface area contributed by atoms with Crippen LogP contribution in [0, 0.1) is 0 Å². The average molecular weight is 512 g/mol. The summed E-state index contributed by atoms with van der Waals surface area (Å²) in [5.41, 5.74) is 0.892. The first-order valence-electron chi connectivity index (χ1n) is 9.18. The van der Waals surface area contributed by atoms with Gasteiger partial charge < -0.3 is 19.8 Å². The van der Waals surface area contributed by atoms with Gasteiger partial charge in [0.05, 0.1) is 22.4 Å². The molecular formula is C20H25IN4O2S. The predicted octanol–water partition coefficient (Wildman–Crippen LogP) is 4.41. The number of aliphatic imine (C=N–C) groups is 1. The Balaban J connectivity index is 0.00000225. The summed E-state index contributed by atoms with van der Waals surface area (Å²) in [6.07, 6.45) is 2.19. The van der Waals surface area contributed by atoms with E-state index in [2.05, 4.69) is 33.6 Å². The summed E-state index contributed by atoms with van der Waals surface area (Å²) in [7, 11) is 1.77. The summed E-state index contributed by atoms with van der Waals surface area (Å²) >= 11 is 1.64. The Hall–Kier alpha value is -1.65. The lowest BCUT2D eigenvalue weighted by Gasteiger charge is -2.24. The molecule has 3 heterocycles. The molecule has 8 heteroatoms. The fourth-order valence-electron chi connectivity index (χ4n) is 3.20. The van der Waals surface area contributed by atoms with Gasteiger partial charge in [-0.1, -0.05) is 12.1 Å². The Morgan fingerprint density at radius 3 is 2.86 bits per heavy atom. The van der Waals surface area contributed by atoms with Crippen molar-refractivity contribution in [3.63, 3.8) is 0 Å². The molecule has 0 spiro atoms. The van der Waals surface area contributed by atoms with Crippen molar-refractivity contribution in [3.05, 3.63) is 42.2 Å². The molecule has 1 aliphatic heterocycles. The van der Waals surface area contributed by atoms with Gasteiger partial charge in [-0.05, 0) is 44.0 Å². The van der Waals surface area contributed by atoms with E-state index in [0.717, 1.165) is 58.7 Å². The number of rotatable bonds is 5. The van der Waals surface area contributed by atoms with Gasteiger partial charge >= 0.3 is 0 Å². The van der Waals surface area contributed by atoms with Crippen molar-refractivity contribution in [2.24, 2.45) is 4.99 Å². The summed E-state index contributed by atoms with van der Waals surface area (Å²) in [6, 6.07) is 12.1. The minimum Gasteiger partial charge on any atom is -0.457 e. The number of guanidine groups is 1. The fraction of sp³-hybridized carbons (Fsp3) is 0.400. The topological polar surface area (TPSA) is 71.7 Å². The van der Waals surface area contributed by atoms with Crippen LogP contribution in [0.15, 0.2) is 45.8 Å². The highest BCUT2D eigenvalue weighted by atomic mass is 127. The molecule has 1 unspecified atom stereocenters. The number of nitrogens with one attached hydrogen (secondary N) is 2. The van der Waals surface area contributed by atoms with E-state index in [9.17, 15) is 0 Å². The number of ether oxygens (including phenoxy) is 1. The molecule has 4 rings (SSSR count). The van der Waals surface area contributed by atoms with E-state index < -0.39 is 0 Å². The van der Waals surface area contributed by atoms with Crippen LogP contribution in [0.5, 0.6) is 0 Å². The van der Waals surface area contributed by atoms with Gasteiger partial charge in [0.25, 0.3) is 0 Å². The van der Waals surface area contributed by atoms with Gasteiger partial charge in [-0.3, -0.25) is 4.99 Å². The van der Waals surface area contributed by atoms with Crippen LogP contribution in [0.25, 0.3) is 21.0 Å². The summed E-state index contributed by atoms with van der Waals surface area (Å²) in [6.45, 7) is 4.27. The first kappa shape index (κ1) is 21.1. The lowest BCUT2D eigenvalue weighted by molar-refractivity contribution is 0.0243. The molecule has 1 aliphatic rings. The van der Waals surface area contributed by atoms with Crippen molar-refractivity contribution in [1.82, 2.24) is 15.6 Å². The highest BCUT2D eigenvalue weighted by molar-refractivity contribution is 14.0. The maximum atomic E-state index is 5.97. The van der Waals surface area contributed by atoms with Crippen LogP contribution in [-0.4, -0.2) is 36.7 Å². The summed E-state index contributed by atoms with van der Waals surface area (Å²) < 4.78 is 12.9. The van der Waals surface area contributed by atoms with Gasteiger partial charge in [0, 0.05) is 20.2 Å². The molecule has 0 aliphatic carbocycles. The number of halogens is 1. The van der Waals surface area contributed by atoms with E-state index in [1.54, 1.807) is 18.4 Å². The third kappa shape index (κ3) is 4.84. The van der Waals surface area contributed by atoms with E-state index in [1.165, 1.54) is 0 Å². The normalized spacial score (nSPS) is 19.6. The highest BCUT2D eigenvalue weighted by Crippen LogP contribution is 2.31. The Morgan fingerprint density at radius 1 is 1.25 bits per heavy atom. The first-order valence-corrected chi connectivity index (χ1v) is 10.00. The SMILES string of the molecule is CN=C(NCc1ccc(-c2nc3ccccc3s2)o1)NCC1(C)CCCO1.I. The zero-order chi connectivity index (χ0) is 18.7. The number of nitrogens with zero attached hydrogens (tertiary/aromatic N) is 2. The van der Waals surface area contributed by atoms with Gasteiger partial charge in [-0.25, -0.2) is 4.98 Å². The second kappa shape index (κ2) is 9.23. The molecule has 3 aromatic rings. The van der Waals surface area contributed by atoms with E-state index >= 15 is 0 Å². The lowest BCUT2D eigenvalue weighted by atomic mass is 10.0. The maximum Gasteiger partial charge on any atom is 0.191 e. The molecule has 0 bridgehead atoms. The second-order valence-electron chi connectivity index (χ2n) is 6.93. The molecule has 0 amide bonds. The highest BCUT2D eigenvalue weighted by Gasteiger charge is 2.29. The molecule has 2 N–H and O–H groups in total. The quantitative estimate of drug-likeness (QED) is 0.301. The Labute approximate surface area is 185 Å². The number of hydrogen-bond donors (Lipinski definition) is 2. The molecule has 28 heavy (non-hydrogen) atoms. The molecular weight excluding hydrogens is 487 g/mol. The number of benzene rings is 1. The molecule has 2 aromatic heterocycles. The van der Waals surface area contributed by atoms with E-state index in [0.29, 0.717) is 6.54 Å². The second-order valence-corrected chi connectivity index (χ2v) is 7.96. The van der Waals surface area contributed by atoms with Gasteiger partial charge in [-0.15, -0.1) is 35.3 Å². The number of fused-ring (bicyclic) bond motifs is 1. The number of aromatic nitrogens is 1. The maximum absolute atomic E-state index is 5.97. The van der Waals surface area contributed by atoms with Crippen LogP contribution in [-0.2, 0) is 11.3 Å². The Morgan fingerprint density at radius 2 is 2.11 bits per heavy atom. The third-order valence-electron chi connectivity index (χ3n) is 4.75. The first-order chi connectivity index (χ1) is 13.1. The number of para-hydroxylation sites is 1. The minimum atomic E-state index is -0.109. The van der Waals surface area contributed by atoms with Crippen molar-refractivity contribution >= 4 is 51.5 Å². The van der Waals surface area contributed by atoms with Crippen molar-refractivity contribution in [1.29, 1.82) is 0 Å². The third-order valence-corrected chi connectivity index (χ3v) is 5.80. The smallest absolute Gasteiger partial charge is 0.191 e. The fourth-order valence-corrected chi connectivity index (χ4v) is 4.13. The average Bonchev–Trinajstić information content (AvgIpc) is 3.41. The van der Waals surface area contributed by atoms with Crippen molar-refractivity contribution in [3.8, 4) is 10.8 Å². The van der Waals surface area contributed by atoms with Crippen LogP contribution >= 0.6 is 35.3 Å². The Kier molecular flexibility index (Phi) is 6.95. The zero-order valence-electron chi connectivity index (χ0n) is 16.0. The van der Waals surface area contributed by atoms with Crippen LogP contribution in [0.4, 0.5) is 0 Å². The van der Waals surface area contributed by atoms with E-state index in [4.69, 9.17) is 9.15 Å². The zero-order valence-corrected chi connectivity index (χ0v) is 19.2. The molecule has 150 valence electrons. The van der Waals surface area contributed by atoms with Gasteiger partial charge in [0.1, 0.15) is 5.76 Å². The van der Waals surface area contributed by atoms with Gasteiger partial charge in [0.2, 0.25) is 0 Å². The van der Waals surface area contributed by atoms with Gasteiger partial charge in [-0.2, -0.15) is 0 Å². The van der Waals surface area contributed by atoms with Crippen LogP contribution in [0.2, 0.25) is 0 Å². The summed E-state index contributed by atoms with van der Waals surface area (Å²) in [4.78, 5) is 8.92. The van der Waals surface area contributed by atoms with Crippen molar-refractivity contribution in [2.45, 2.75) is 31.9 Å². The van der Waals surface area contributed by atoms with Crippen molar-refractivity contribution < 1.29 is 9.15 Å². The van der Waals surface area contributed by atoms with Gasteiger partial charge in [0.15, 0.2) is 16.7 Å². The molecule has 1 atom stereocenters. The Bertz CT molecular complexity index is 913. The number of hydrogen-bond acceptors (Lipinski definition) is 5. The molecule has 0 saturated carbocycles. The standard InChI is InChI=1S/C20H24N4O2S.HI/c1-20(10-5-11-25-20)13-23-19(21-2)22-12-14-8-9-16(26-14)18-24-15-6-3-4-7-17(15)27-18;/h3-4,6-9H,5,10-13H2,1-2H3,(H2,21,22,23);1H. The van der Waals surface area contributed by atoms with Crippen molar-refractivity contribution in [2.75, 3.05) is 20.2 Å². The largest absolute Gasteiger partial charge is 0.457 e. The molecule has 1 saturated heterocycles. The molecule has 1 aromatic carbocycles. The van der Waals surface area contributed by atoms with Crippen LogP contribution in [0.3, 0.4) is 0 Å². The monoisotopic (exact) mass is 512 g/mol.